The Morgan fingerprint density at radius 2 is 1.60 bits per heavy atom. The highest BCUT2D eigenvalue weighted by molar-refractivity contribution is 9.11. The molecule has 0 fully saturated rings. The molecule has 2 aromatic carbocycles. The van der Waals surface area contributed by atoms with E-state index in [1.165, 1.54) is 0 Å². The van der Waals surface area contributed by atoms with Crippen molar-refractivity contribution in [3.63, 3.8) is 0 Å². The molecule has 0 saturated carbocycles. The standard InChI is InChI=1S/C15H13Br3O2/c1-2-20-14-6-4-10(17)8-12(14)15(19)11-7-9(16)3-5-13(11)18/h3-8,15,19H,2H2,1H3. The van der Waals surface area contributed by atoms with E-state index in [9.17, 15) is 5.11 Å². The molecule has 0 aromatic heterocycles. The van der Waals surface area contributed by atoms with E-state index in [2.05, 4.69) is 47.8 Å². The normalized spacial score (nSPS) is 12.2. The van der Waals surface area contributed by atoms with Crippen molar-refractivity contribution in [1.29, 1.82) is 0 Å². The topological polar surface area (TPSA) is 29.5 Å². The summed E-state index contributed by atoms with van der Waals surface area (Å²) in [6, 6.07) is 11.4. The molecule has 2 aromatic rings. The first kappa shape index (κ1) is 16.0. The molecule has 0 saturated heterocycles. The lowest BCUT2D eigenvalue weighted by atomic mass is 10.0. The summed E-state index contributed by atoms with van der Waals surface area (Å²) < 4.78 is 8.28. The lowest BCUT2D eigenvalue weighted by Gasteiger charge is -2.18. The third-order valence-electron chi connectivity index (χ3n) is 2.82. The first-order chi connectivity index (χ1) is 9.52. The summed E-state index contributed by atoms with van der Waals surface area (Å²) in [5, 5.41) is 10.7. The minimum Gasteiger partial charge on any atom is -0.493 e. The fraction of sp³-hybridized carbons (Fsp3) is 0.200. The molecule has 0 aliphatic heterocycles. The van der Waals surface area contributed by atoms with Crippen LogP contribution < -0.4 is 4.74 Å². The van der Waals surface area contributed by atoms with Crippen LogP contribution in [0.5, 0.6) is 5.75 Å². The van der Waals surface area contributed by atoms with Gasteiger partial charge in [-0.05, 0) is 43.3 Å². The van der Waals surface area contributed by atoms with Crippen LogP contribution in [0.15, 0.2) is 49.8 Å². The summed E-state index contributed by atoms with van der Waals surface area (Å²) >= 11 is 10.3. The van der Waals surface area contributed by atoms with Crippen LogP contribution in [0.1, 0.15) is 24.2 Å². The second-order valence-corrected chi connectivity index (χ2v) is 6.87. The average Bonchev–Trinajstić information content (AvgIpc) is 2.43. The fourth-order valence-electron chi connectivity index (χ4n) is 1.91. The second kappa shape index (κ2) is 7.07. The monoisotopic (exact) mass is 462 g/mol. The van der Waals surface area contributed by atoms with Crippen LogP contribution in [0.3, 0.4) is 0 Å². The van der Waals surface area contributed by atoms with Crippen LogP contribution in [0.25, 0.3) is 0 Å². The van der Waals surface area contributed by atoms with Gasteiger partial charge in [-0.15, -0.1) is 0 Å². The summed E-state index contributed by atoms with van der Waals surface area (Å²) in [6.45, 7) is 2.48. The van der Waals surface area contributed by atoms with Gasteiger partial charge in [-0.2, -0.15) is 0 Å². The van der Waals surface area contributed by atoms with E-state index in [0.717, 1.165) is 24.5 Å². The van der Waals surface area contributed by atoms with Crippen LogP contribution in [-0.2, 0) is 0 Å². The number of halogens is 3. The molecule has 2 rings (SSSR count). The zero-order valence-corrected chi connectivity index (χ0v) is 15.5. The highest BCUT2D eigenvalue weighted by Gasteiger charge is 2.19. The van der Waals surface area contributed by atoms with Gasteiger partial charge >= 0.3 is 0 Å². The first-order valence-corrected chi connectivity index (χ1v) is 8.46. The Morgan fingerprint density at radius 3 is 2.25 bits per heavy atom. The van der Waals surface area contributed by atoms with E-state index in [4.69, 9.17) is 4.74 Å². The van der Waals surface area contributed by atoms with Gasteiger partial charge in [-0.25, -0.2) is 0 Å². The minimum absolute atomic E-state index is 0.557. The van der Waals surface area contributed by atoms with Gasteiger partial charge in [-0.1, -0.05) is 47.8 Å². The van der Waals surface area contributed by atoms with Crippen molar-refractivity contribution < 1.29 is 9.84 Å². The van der Waals surface area contributed by atoms with Crippen molar-refractivity contribution >= 4 is 47.8 Å². The number of aliphatic hydroxyl groups is 1. The van der Waals surface area contributed by atoms with Crippen LogP contribution in [0.4, 0.5) is 0 Å². The maximum Gasteiger partial charge on any atom is 0.125 e. The third kappa shape index (κ3) is 3.64. The van der Waals surface area contributed by atoms with E-state index in [1.807, 2.05) is 43.3 Å². The van der Waals surface area contributed by atoms with Crippen LogP contribution in [-0.4, -0.2) is 11.7 Å². The maximum absolute atomic E-state index is 10.7. The lowest BCUT2D eigenvalue weighted by molar-refractivity contribution is 0.211. The van der Waals surface area contributed by atoms with Crippen molar-refractivity contribution in [2.24, 2.45) is 0 Å². The Kier molecular flexibility index (Phi) is 5.66. The van der Waals surface area contributed by atoms with Crippen molar-refractivity contribution in [2.75, 3.05) is 6.61 Å². The molecule has 106 valence electrons. The minimum atomic E-state index is -0.763. The Morgan fingerprint density at radius 1 is 1.00 bits per heavy atom. The van der Waals surface area contributed by atoms with Crippen molar-refractivity contribution in [2.45, 2.75) is 13.0 Å². The quantitative estimate of drug-likeness (QED) is 0.651. The van der Waals surface area contributed by atoms with Gasteiger partial charge < -0.3 is 9.84 Å². The largest absolute Gasteiger partial charge is 0.493 e. The van der Waals surface area contributed by atoms with Gasteiger partial charge in [0.2, 0.25) is 0 Å². The van der Waals surface area contributed by atoms with Crippen LogP contribution >= 0.6 is 47.8 Å². The predicted molar refractivity (Wildman–Crippen MR) is 91.2 cm³/mol. The highest BCUT2D eigenvalue weighted by atomic mass is 79.9. The molecule has 0 aliphatic carbocycles. The highest BCUT2D eigenvalue weighted by Crippen LogP contribution is 2.36. The lowest BCUT2D eigenvalue weighted by Crippen LogP contribution is -2.05. The molecule has 0 aliphatic rings. The molecule has 1 atom stereocenters. The Bertz CT molecular complexity index is 614. The van der Waals surface area contributed by atoms with Crippen LogP contribution in [0, 0.1) is 0 Å². The molecule has 0 heterocycles. The summed E-state index contributed by atoms with van der Waals surface area (Å²) in [5.41, 5.74) is 1.53. The Balaban J connectivity index is 2.49. The molecule has 0 bridgehead atoms. The Labute approximate surface area is 143 Å². The van der Waals surface area contributed by atoms with E-state index < -0.39 is 6.10 Å². The van der Waals surface area contributed by atoms with Gasteiger partial charge in [0.25, 0.3) is 0 Å². The SMILES string of the molecule is CCOc1ccc(Br)cc1C(O)c1cc(Br)ccc1Br. The smallest absolute Gasteiger partial charge is 0.125 e. The van der Waals surface area contributed by atoms with Gasteiger partial charge in [-0.3, -0.25) is 0 Å². The summed E-state index contributed by atoms with van der Waals surface area (Å²) in [7, 11) is 0. The molecule has 5 heteroatoms. The van der Waals surface area contributed by atoms with E-state index in [0.29, 0.717) is 12.4 Å². The maximum atomic E-state index is 10.7. The molecule has 1 unspecified atom stereocenters. The van der Waals surface area contributed by atoms with E-state index in [1.54, 1.807) is 0 Å². The number of aliphatic hydroxyl groups excluding tert-OH is 1. The molecule has 0 radical (unpaired) electrons. The summed E-state index contributed by atoms with van der Waals surface area (Å²) in [6.07, 6.45) is -0.763. The molecule has 20 heavy (non-hydrogen) atoms. The van der Waals surface area contributed by atoms with Crippen molar-refractivity contribution in [3.05, 3.63) is 60.9 Å². The van der Waals surface area contributed by atoms with E-state index in [-0.39, 0.29) is 0 Å². The molecule has 0 amide bonds. The number of rotatable bonds is 4. The molecule has 2 nitrogen and oxygen atoms in total. The average molecular weight is 465 g/mol. The number of hydrogen-bond donors (Lipinski definition) is 1. The Hall–Kier alpha value is -0.360. The zero-order valence-electron chi connectivity index (χ0n) is 10.7. The first-order valence-electron chi connectivity index (χ1n) is 6.08. The fourth-order valence-corrected chi connectivity index (χ4v) is 3.13. The van der Waals surface area contributed by atoms with Gasteiger partial charge in [0, 0.05) is 24.5 Å². The molecular formula is C15H13Br3O2. The van der Waals surface area contributed by atoms with Gasteiger partial charge in [0.05, 0.1) is 6.61 Å². The third-order valence-corrected chi connectivity index (χ3v) is 4.53. The number of ether oxygens (including phenoxy) is 1. The van der Waals surface area contributed by atoms with Gasteiger partial charge in [0.1, 0.15) is 11.9 Å². The van der Waals surface area contributed by atoms with Crippen molar-refractivity contribution in [3.8, 4) is 5.75 Å². The molecule has 0 spiro atoms. The van der Waals surface area contributed by atoms with E-state index >= 15 is 0 Å². The summed E-state index contributed by atoms with van der Waals surface area (Å²) in [5.74, 6) is 0.690. The van der Waals surface area contributed by atoms with Gasteiger partial charge in [0.15, 0.2) is 0 Å². The summed E-state index contributed by atoms with van der Waals surface area (Å²) in [4.78, 5) is 0. The zero-order chi connectivity index (χ0) is 14.7. The molecule has 1 N–H and O–H groups in total. The van der Waals surface area contributed by atoms with Crippen LogP contribution in [0.2, 0.25) is 0 Å². The number of benzene rings is 2. The van der Waals surface area contributed by atoms with Crippen molar-refractivity contribution in [1.82, 2.24) is 0 Å². The molecular weight excluding hydrogens is 452 g/mol. The second-order valence-electron chi connectivity index (χ2n) is 4.18. The predicted octanol–water partition coefficient (Wildman–Crippen LogP) is 5.45. The number of hydrogen-bond acceptors (Lipinski definition) is 2.